The summed E-state index contributed by atoms with van der Waals surface area (Å²) in [6, 6.07) is 7.40. The predicted octanol–water partition coefficient (Wildman–Crippen LogP) is 3.02. The minimum absolute atomic E-state index is 0.184. The quantitative estimate of drug-likeness (QED) is 0.806. The van der Waals surface area contributed by atoms with Gasteiger partial charge in [-0.15, -0.1) is 0 Å². The third-order valence-electron chi connectivity index (χ3n) is 3.34. The van der Waals surface area contributed by atoms with E-state index in [0.29, 0.717) is 11.4 Å². The number of rotatable bonds is 4. The lowest BCUT2D eigenvalue weighted by Crippen LogP contribution is -2.47. The Morgan fingerprint density at radius 3 is 2.44 bits per heavy atom. The third kappa shape index (κ3) is 2.13. The summed E-state index contributed by atoms with van der Waals surface area (Å²) in [5.41, 5.74) is 0.498. The molecule has 0 heterocycles. The second kappa shape index (κ2) is 4.56. The highest BCUT2D eigenvalue weighted by Crippen LogP contribution is 2.36. The standard InChI is InChI=1S/C13H15ClO2/c1-16-13(7-2-8-13)12(15)9-10-3-5-11(14)6-4-10/h3-6H,2,7-9H2,1H3. The molecule has 0 radical (unpaired) electrons. The van der Waals surface area contributed by atoms with Gasteiger partial charge in [-0.25, -0.2) is 0 Å². The van der Waals surface area contributed by atoms with E-state index < -0.39 is 5.60 Å². The molecule has 2 nitrogen and oxygen atoms in total. The van der Waals surface area contributed by atoms with Crippen LogP contribution in [0.1, 0.15) is 24.8 Å². The van der Waals surface area contributed by atoms with Crippen LogP contribution in [0.15, 0.2) is 24.3 Å². The van der Waals surface area contributed by atoms with Crippen molar-refractivity contribution in [2.24, 2.45) is 0 Å². The normalized spacial score (nSPS) is 17.9. The number of hydrogen-bond donors (Lipinski definition) is 0. The van der Waals surface area contributed by atoms with E-state index in [4.69, 9.17) is 16.3 Å². The Morgan fingerprint density at radius 1 is 1.38 bits per heavy atom. The molecular formula is C13H15ClO2. The SMILES string of the molecule is COC1(C(=O)Cc2ccc(Cl)cc2)CCC1. The van der Waals surface area contributed by atoms with Crippen LogP contribution in [0.25, 0.3) is 0 Å². The van der Waals surface area contributed by atoms with Crippen LogP contribution in [0.5, 0.6) is 0 Å². The van der Waals surface area contributed by atoms with E-state index in [1.54, 1.807) is 7.11 Å². The highest BCUT2D eigenvalue weighted by atomic mass is 35.5. The van der Waals surface area contributed by atoms with Gasteiger partial charge in [-0.1, -0.05) is 23.7 Å². The van der Waals surface area contributed by atoms with Crippen molar-refractivity contribution >= 4 is 17.4 Å². The van der Waals surface area contributed by atoms with Crippen molar-refractivity contribution in [1.29, 1.82) is 0 Å². The molecule has 0 bridgehead atoms. The molecule has 0 amide bonds. The average Bonchev–Trinajstić information content (AvgIpc) is 2.21. The summed E-state index contributed by atoms with van der Waals surface area (Å²) in [4.78, 5) is 12.1. The topological polar surface area (TPSA) is 26.3 Å². The van der Waals surface area contributed by atoms with Gasteiger partial charge in [0.15, 0.2) is 5.78 Å². The number of halogens is 1. The van der Waals surface area contributed by atoms with Gasteiger partial charge >= 0.3 is 0 Å². The molecule has 1 aromatic rings. The highest BCUT2D eigenvalue weighted by Gasteiger charge is 2.43. The first-order valence-corrected chi connectivity index (χ1v) is 5.87. The molecule has 16 heavy (non-hydrogen) atoms. The van der Waals surface area contributed by atoms with Crippen LogP contribution in [-0.4, -0.2) is 18.5 Å². The molecule has 3 heteroatoms. The van der Waals surface area contributed by atoms with E-state index in [9.17, 15) is 4.79 Å². The number of carbonyl (C=O) groups is 1. The molecule has 0 aromatic heterocycles. The van der Waals surface area contributed by atoms with E-state index >= 15 is 0 Å². The summed E-state index contributed by atoms with van der Waals surface area (Å²) < 4.78 is 5.36. The van der Waals surface area contributed by atoms with Crippen molar-refractivity contribution in [3.8, 4) is 0 Å². The van der Waals surface area contributed by atoms with E-state index in [0.717, 1.165) is 24.8 Å². The first kappa shape index (κ1) is 11.6. The molecule has 0 aliphatic heterocycles. The first-order valence-electron chi connectivity index (χ1n) is 5.49. The zero-order chi connectivity index (χ0) is 11.6. The van der Waals surface area contributed by atoms with Gasteiger partial charge in [0.2, 0.25) is 0 Å². The second-order valence-corrected chi connectivity index (χ2v) is 4.71. The van der Waals surface area contributed by atoms with E-state index in [1.165, 1.54) is 0 Å². The van der Waals surface area contributed by atoms with Gasteiger partial charge in [-0.2, -0.15) is 0 Å². The van der Waals surface area contributed by atoms with Gasteiger partial charge in [0.1, 0.15) is 5.60 Å². The predicted molar refractivity (Wildman–Crippen MR) is 63.8 cm³/mol. The molecule has 1 aliphatic carbocycles. The first-order chi connectivity index (χ1) is 7.66. The lowest BCUT2D eigenvalue weighted by Gasteiger charge is -2.38. The van der Waals surface area contributed by atoms with Crippen molar-refractivity contribution in [3.63, 3.8) is 0 Å². The van der Waals surface area contributed by atoms with Crippen molar-refractivity contribution in [3.05, 3.63) is 34.9 Å². The zero-order valence-corrected chi connectivity index (χ0v) is 10.1. The highest BCUT2D eigenvalue weighted by molar-refractivity contribution is 6.30. The van der Waals surface area contributed by atoms with Gasteiger partial charge < -0.3 is 4.74 Å². The van der Waals surface area contributed by atoms with Crippen LogP contribution in [0.3, 0.4) is 0 Å². The van der Waals surface area contributed by atoms with E-state index in [-0.39, 0.29) is 5.78 Å². The maximum absolute atomic E-state index is 12.1. The number of ketones is 1. The average molecular weight is 239 g/mol. The Hall–Kier alpha value is -0.860. The van der Waals surface area contributed by atoms with Crippen molar-refractivity contribution in [1.82, 2.24) is 0 Å². The molecule has 86 valence electrons. The minimum Gasteiger partial charge on any atom is -0.370 e. The summed E-state index contributed by atoms with van der Waals surface area (Å²) in [5.74, 6) is 0.184. The third-order valence-corrected chi connectivity index (χ3v) is 3.59. The fraction of sp³-hybridized carbons (Fsp3) is 0.462. The van der Waals surface area contributed by atoms with Crippen molar-refractivity contribution < 1.29 is 9.53 Å². The number of methoxy groups -OCH3 is 1. The lowest BCUT2D eigenvalue weighted by molar-refractivity contribution is -0.151. The van der Waals surface area contributed by atoms with Gasteiger partial charge in [0, 0.05) is 18.6 Å². The molecule has 0 atom stereocenters. The fourth-order valence-corrected chi connectivity index (χ4v) is 2.17. The minimum atomic E-state index is -0.500. The molecule has 1 aliphatic rings. The Balaban J connectivity index is 2.04. The second-order valence-electron chi connectivity index (χ2n) is 4.28. The van der Waals surface area contributed by atoms with Crippen LogP contribution in [0.4, 0.5) is 0 Å². The largest absolute Gasteiger partial charge is 0.370 e. The van der Waals surface area contributed by atoms with Crippen LogP contribution in [-0.2, 0) is 16.0 Å². The van der Waals surface area contributed by atoms with Gasteiger partial charge in [0.25, 0.3) is 0 Å². The summed E-state index contributed by atoms with van der Waals surface area (Å²) in [6.45, 7) is 0. The maximum atomic E-state index is 12.1. The monoisotopic (exact) mass is 238 g/mol. The maximum Gasteiger partial charge on any atom is 0.168 e. The van der Waals surface area contributed by atoms with Crippen LogP contribution >= 0.6 is 11.6 Å². The number of hydrogen-bond acceptors (Lipinski definition) is 2. The summed E-state index contributed by atoms with van der Waals surface area (Å²) >= 11 is 5.79. The van der Waals surface area contributed by atoms with Crippen LogP contribution in [0, 0.1) is 0 Å². The summed E-state index contributed by atoms with van der Waals surface area (Å²) in [5, 5.41) is 0.696. The molecule has 0 unspecified atom stereocenters. The molecule has 1 saturated carbocycles. The van der Waals surface area contributed by atoms with Crippen LogP contribution < -0.4 is 0 Å². The van der Waals surface area contributed by atoms with Gasteiger partial charge in [0.05, 0.1) is 0 Å². The molecule has 1 fully saturated rings. The number of benzene rings is 1. The summed E-state index contributed by atoms with van der Waals surface area (Å²) in [7, 11) is 1.62. The van der Waals surface area contributed by atoms with Crippen molar-refractivity contribution in [2.45, 2.75) is 31.3 Å². The van der Waals surface area contributed by atoms with E-state index in [2.05, 4.69) is 0 Å². The molecule has 0 spiro atoms. The fourth-order valence-electron chi connectivity index (χ4n) is 2.04. The Bertz CT molecular complexity index is 374. The molecule has 0 N–H and O–H groups in total. The zero-order valence-electron chi connectivity index (χ0n) is 9.33. The molecule has 2 rings (SSSR count). The summed E-state index contributed by atoms with van der Waals surface area (Å²) in [6.07, 6.45) is 3.23. The Kier molecular flexibility index (Phi) is 3.31. The number of Topliss-reactive ketones (excluding diaryl/α,β-unsaturated/α-hetero) is 1. The van der Waals surface area contributed by atoms with Gasteiger partial charge in [-0.3, -0.25) is 4.79 Å². The number of carbonyl (C=O) groups excluding carboxylic acids is 1. The van der Waals surface area contributed by atoms with Gasteiger partial charge in [-0.05, 0) is 37.0 Å². The molecule has 1 aromatic carbocycles. The smallest absolute Gasteiger partial charge is 0.168 e. The molecular weight excluding hydrogens is 224 g/mol. The Morgan fingerprint density at radius 2 is 2.00 bits per heavy atom. The molecule has 0 saturated heterocycles. The van der Waals surface area contributed by atoms with E-state index in [1.807, 2.05) is 24.3 Å². The van der Waals surface area contributed by atoms with Crippen LogP contribution in [0.2, 0.25) is 5.02 Å². The Labute approximate surface area is 101 Å². The lowest BCUT2D eigenvalue weighted by atomic mass is 9.75. The number of ether oxygens (including phenoxy) is 1. The van der Waals surface area contributed by atoms with Crippen molar-refractivity contribution in [2.75, 3.05) is 7.11 Å².